The van der Waals surface area contributed by atoms with Crippen LogP contribution in [0.5, 0.6) is 0 Å². The third-order valence-corrected chi connectivity index (χ3v) is 1.86. The Morgan fingerprint density at radius 3 is 2.31 bits per heavy atom. The predicted octanol–water partition coefficient (Wildman–Crippen LogP) is -0.565. The maximum absolute atomic E-state index is 11.0. The molecule has 0 saturated carbocycles. The fourth-order valence-electron chi connectivity index (χ4n) is 0.892. The topological polar surface area (TPSA) is 79.8 Å². The molecule has 16 heavy (non-hydrogen) atoms. The van der Waals surface area contributed by atoms with Gasteiger partial charge >= 0.3 is 0 Å². The summed E-state index contributed by atoms with van der Waals surface area (Å²) in [6.45, 7) is 2.78. The molecule has 3 N–H and O–H groups in total. The van der Waals surface area contributed by atoms with Crippen molar-refractivity contribution in [2.45, 2.75) is 6.42 Å². The molecule has 0 spiro atoms. The fourth-order valence-corrected chi connectivity index (χ4v) is 1.10. The second kappa shape index (κ2) is 12.7. The lowest BCUT2D eigenvalue weighted by Crippen LogP contribution is -2.27. The summed E-state index contributed by atoms with van der Waals surface area (Å²) in [5, 5.41) is 10.9. The maximum Gasteiger partial charge on any atom is 0.220 e. The Kier molecular flexibility index (Phi) is 12.5. The Hall–Kier alpha value is -0.340. The van der Waals surface area contributed by atoms with E-state index in [0.29, 0.717) is 51.7 Å². The number of rotatable bonds is 11. The van der Waals surface area contributed by atoms with Gasteiger partial charge in [0.05, 0.1) is 26.4 Å². The number of ether oxygens (including phenoxy) is 2. The lowest BCUT2D eigenvalue weighted by Gasteiger charge is -2.06. The minimum atomic E-state index is -0.0103. The smallest absolute Gasteiger partial charge is 0.220 e. The molecule has 0 unspecified atom stereocenters. The van der Waals surface area contributed by atoms with Gasteiger partial charge in [0.25, 0.3) is 0 Å². The van der Waals surface area contributed by atoms with Gasteiger partial charge in [0.1, 0.15) is 0 Å². The van der Waals surface area contributed by atoms with Crippen molar-refractivity contribution in [1.29, 1.82) is 0 Å². The van der Waals surface area contributed by atoms with Crippen LogP contribution in [0.25, 0.3) is 0 Å². The summed E-state index contributed by atoms with van der Waals surface area (Å²) in [6, 6.07) is 0. The molecule has 0 fully saturated rings. The molecular formula is C9H20N2O4S. The monoisotopic (exact) mass is 252 g/mol. The van der Waals surface area contributed by atoms with Gasteiger partial charge in [-0.2, -0.15) is 12.6 Å². The van der Waals surface area contributed by atoms with E-state index in [0.717, 1.165) is 0 Å². The molecule has 0 radical (unpaired) electrons. The van der Waals surface area contributed by atoms with E-state index in [1.165, 1.54) is 0 Å². The van der Waals surface area contributed by atoms with Gasteiger partial charge in [-0.1, -0.05) is 0 Å². The van der Waals surface area contributed by atoms with Crippen molar-refractivity contribution in [2.24, 2.45) is 0 Å². The van der Waals surface area contributed by atoms with E-state index >= 15 is 0 Å². The van der Waals surface area contributed by atoms with Gasteiger partial charge in [-0.05, 0) is 5.75 Å². The van der Waals surface area contributed by atoms with Crippen LogP contribution in [0.3, 0.4) is 0 Å². The fraction of sp³-hybridized carbons (Fsp3) is 0.889. The molecule has 0 heterocycles. The molecule has 0 aromatic carbocycles. The first-order chi connectivity index (χ1) is 7.81. The Bertz CT molecular complexity index is 172. The molecule has 1 amide bonds. The minimum absolute atomic E-state index is 0.0103. The van der Waals surface area contributed by atoms with Crippen LogP contribution in [0.4, 0.5) is 0 Å². The summed E-state index contributed by atoms with van der Waals surface area (Å²) in [6.07, 6.45) is 0.431. The summed E-state index contributed by atoms with van der Waals surface area (Å²) in [4.78, 5) is 11.0. The first-order valence-electron chi connectivity index (χ1n) is 5.21. The number of hydroxylamine groups is 1. The highest BCUT2D eigenvalue weighted by atomic mass is 32.1. The molecule has 6 nitrogen and oxygen atoms in total. The highest BCUT2D eigenvalue weighted by molar-refractivity contribution is 7.80. The molecule has 0 rings (SSSR count). The van der Waals surface area contributed by atoms with Crippen LogP contribution in [0.1, 0.15) is 6.42 Å². The molecule has 0 saturated heterocycles. The van der Waals surface area contributed by atoms with Crippen molar-refractivity contribution >= 4 is 18.5 Å². The molecule has 0 aliphatic rings. The summed E-state index contributed by atoms with van der Waals surface area (Å²) in [5.74, 6) is 0.545. The van der Waals surface area contributed by atoms with E-state index in [4.69, 9.17) is 14.7 Å². The predicted molar refractivity (Wildman–Crippen MR) is 62.9 cm³/mol. The van der Waals surface area contributed by atoms with E-state index in [1.54, 1.807) is 0 Å². The van der Waals surface area contributed by atoms with Crippen LogP contribution < -0.4 is 10.8 Å². The average Bonchev–Trinajstić information content (AvgIpc) is 2.27. The van der Waals surface area contributed by atoms with Gasteiger partial charge in [-0.25, -0.2) is 5.48 Å². The third-order valence-electron chi connectivity index (χ3n) is 1.64. The molecule has 96 valence electrons. The standard InChI is InChI=1S/C9H20N2O4S/c12-9(1-8-16)10-2-4-14-6-7-15-5-3-11-13/h11,13,16H,1-8H2,(H,10,12). The molecule has 0 aromatic rings. The first kappa shape index (κ1) is 15.7. The highest BCUT2D eigenvalue weighted by Gasteiger charge is 1.97. The number of nitrogens with one attached hydrogen (secondary N) is 2. The lowest BCUT2D eigenvalue weighted by atomic mass is 10.4. The summed E-state index contributed by atoms with van der Waals surface area (Å²) in [5.41, 5.74) is 1.98. The van der Waals surface area contributed by atoms with Crippen LogP contribution in [0.15, 0.2) is 0 Å². The van der Waals surface area contributed by atoms with Crippen LogP contribution in [0.2, 0.25) is 0 Å². The van der Waals surface area contributed by atoms with E-state index in [-0.39, 0.29) is 5.91 Å². The SMILES string of the molecule is O=C(CCS)NCCOCCOCCNO. The highest BCUT2D eigenvalue weighted by Crippen LogP contribution is 1.83. The van der Waals surface area contributed by atoms with Gasteiger partial charge in [0.15, 0.2) is 0 Å². The van der Waals surface area contributed by atoms with E-state index in [2.05, 4.69) is 17.9 Å². The van der Waals surface area contributed by atoms with Crippen molar-refractivity contribution < 1.29 is 19.5 Å². The molecule has 0 aliphatic carbocycles. The van der Waals surface area contributed by atoms with Crippen LogP contribution in [0, 0.1) is 0 Å². The largest absolute Gasteiger partial charge is 0.378 e. The van der Waals surface area contributed by atoms with Crippen molar-refractivity contribution in [3.63, 3.8) is 0 Å². The third kappa shape index (κ3) is 11.7. The zero-order valence-corrected chi connectivity index (χ0v) is 10.2. The number of hydrogen-bond donors (Lipinski definition) is 4. The number of amides is 1. The van der Waals surface area contributed by atoms with Crippen LogP contribution in [-0.2, 0) is 14.3 Å². The Labute approximate surface area is 101 Å². The molecule has 0 atom stereocenters. The molecule has 0 aromatic heterocycles. The quantitative estimate of drug-likeness (QED) is 0.225. The minimum Gasteiger partial charge on any atom is -0.378 e. The zero-order valence-electron chi connectivity index (χ0n) is 9.28. The van der Waals surface area contributed by atoms with Gasteiger partial charge in [0.2, 0.25) is 5.91 Å². The second-order valence-electron chi connectivity index (χ2n) is 2.96. The van der Waals surface area contributed by atoms with E-state index < -0.39 is 0 Å². The van der Waals surface area contributed by atoms with Crippen molar-refractivity contribution in [3.05, 3.63) is 0 Å². The zero-order chi connectivity index (χ0) is 12.1. The molecule has 0 bridgehead atoms. The normalized spacial score (nSPS) is 10.4. The molecular weight excluding hydrogens is 232 g/mol. The van der Waals surface area contributed by atoms with Crippen molar-refractivity contribution in [2.75, 3.05) is 45.3 Å². The van der Waals surface area contributed by atoms with E-state index in [9.17, 15) is 4.79 Å². The summed E-state index contributed by atoms with van der Waals surface area (Å²) < 4.78 is 10.3. The van der Waals surface area contributed by atoms with Gasteiger partial charge in [0, 0.05) is 19.5 Å². The summed E-state index contributed by atoms with van der Waals surface area (Å²) in [7, 11) is 0. The van der Waals surface area contributed by atoms with Crippen molar-refractivity contribution in [1.82, 2.24) is 10.8 Å². The molecule has 0 aliphatic heterocycles. The van der Waals surface area contributed by atoms with E-state index in [1.807, 2.05) is 5.48 Å². The maximum atomic E-state index is 11.0. The van der Waals surface area contributed by atoms with Crippen LogP contribution >= 0.6 is 12.6 Å². The Morgan fingerprint density at radius 1 is 1.12 bits per heavy atom. The lowest BCUT2D eigenvalue weighted by molar-refractivity contribution is -0.120. The van der Waals surface area contributed by atoms with Gasteiger partial charge in [-0.3, -0.25) is 4.79 Å². The Balaban J connectivity index is 3.01. The average molecular weight is 252 g/mol. The second-order valence-corrected chi connectivity index (χ2v) is 3.40. The van der Waals surface area contributed by atoms with Gasteiger partial charge < -0.3 is 20.0 Å². The summed E-state index contributed by atoms with van der Waals surface area (Å²) >= 11 is 3.95. The van der Waals surface area contributed by atoms with Crippen molar-refractivity contribution in [3.8, 4) is 0 Å². The van der Waals surface area contributed by atoms with Crippen LogP contribution in [-0.4, -0.2) is 56.4 Å². The Morgan fingerprint density at radius 2 is 1.75 bits per heavy atom. The first-order valence-corrected chi connectivity index (χ1v) is 5.84. The van der Waals surface area contributed by atoms with Gasteiger partial charge in [-0.15, -0.1) is 0 Å². The number of hydrogen-bond acceptors (Lipinski definition) is 6. The molecule has 7 heteroatoms. The number of carbonyl (C=O) groups excluding carboxylic acids is 1. The number of thiol groups is 1. The number of carbonyl (C=O) groups is 1.